The van der Waals surface area contributed by atoms with E-state index >= 15 is 0 Å². The fourth-order valence-electron chi connectivity index (χ4n) is 1.66. The van der Waals surface area contributed by atoms with Crippen LogP contribution in [-0.2, 0) is 5.75 Å². The molecule has 19 heavy (non-hydrogen) atoms. The van der Waals surface area contributed by atoms with Gasteiger partial charge in [0, 0.05) is 17.4 Å². The van der Waals surface area contributed by atoms with Crippen molar-refractivity contribution >= 4 is 17.7 Å². The molecular weight excluding hydrogens is 260 g/mol. The first kappa shape index (κ1) is 12.2. The van der Waals surface area contributed by atoms with Gasteiger partial charge in [-0.1, -0.05) is 23.9 Å². The number of benzene rings is 1. The zero-order chi connectivity index (χ0) is 13.1. The molecule has 1 aromatic heterocycles. The molecule has 1 fully saturated rings. The first-order valence-electron chi connectivity index (χ1n) is 6.19. The summed E-state index contributed by atoms with van der Waals surface area (Å²) in [7, 11) is 0. The van der Waals surface area contributed by atoms with Gasteiger partial charge < -0.3 is 5.32 Å². The molecule has 1 aromatic carbocycles. The molecule has 0 radical (unpaired) electrons. The number of H-pyrrole nitrogens is 1. The number of hydrogen-bond acceptors (Lipinski definition) is 4. The highest BCUT2D eigenvalue weighted by molar-refractivity contribution is 7.98. The average Bonchev–Trinajstić information content (AvgIpc) is 3.09. The van der Waals surface area contributed by atoms with Crippen molar-refractivity contribution in [2.24, 2.45) is 0 Å². The zero-order valence-corrected chi connectivity index (χ0v) is 11.1. The molecule has 0 atom stereocenters. The van der Waals surface area contributed by atoms with Crippen molar-refractivity contribution in [2.45, 2.75) is 29.8 Å². The molecule has 2 N–H and O–H groups in total. The van der Waals surface area contributed by atoms with E-state index in [1.807, 2.05) is 24.3 Å². The minimum Gasteiger partial charge on any atom is -0.349 e. The molecule has 0 bridgehead atoms. The number of carbonyl (C=O) groups is 1. The molecular formula is C13H14N4OS. The number of carbonyl (C=O) groups excluding carboxylic acids is 1. The molecule has 0 unspecified atom stereocenters. The largest absolute Gasteiger partial charge is 0.349 e. The maximum absolute atomic E-state index is 11.8. The third-order valence-electron chi connectivity index (χ3n) is 2.90. The molecule has 1 aliphatic carbocycles. The van der Waals surface area contributed by atoms with E-state index in [0.29, 0.717) is 6.04 Å². The number of thioether (sulfide) groups is 1. The molecule has 3 rings (SSSR count). The van der Waals surface area contributed by atoms with Gasteiger partial charge in [0.05, 0.1) is 0 Å². The van der Waals surface area contributed by atoms with E-state index < -0.39 is 0 Å². The van der Waals surface area contributed by atoms with Crippen LogP contribution in [0.4, 0.5) is 0 Å². The number of nitrogens with zero attached hydrogens (tertiary/aromatic N) is 2. The van der Waals surface area contributed by atoms with Crippen LogP contribution in [0.25, 0.3) is 0 Å². The van der Waals surface area contributed by atoms with Gasteiger partial charge in [0.1, 0.15) is 6.33 Å². The number of amides is 1. The first-order chi connectivity index (χ1) is 9.31. The van der Waals surface area contributed by atoms with Gasteiger partial charge in [0.15, 0.2) is 5.16 Å². The van der Waals surface area contributed by atoms with Gasteiger partial charge in [-0.25, -0.2) is 4.98 Å². The van der Waals surface area contributed by atoms with Crippen molar-refractivity contribution < 1.29 is 4.79 Å². The van der Waals surface area contributed by atoms with Crippen LogP contribution in [-0.4, -0.2) is 27.1 Å². The van der Waals surface area contributed by atoms with Crippen molar-refractivity contribution in [3.63, 3.8) is 0 Å². The van der Waals surface area contributed by atoms with E-state index in [-0.39, 0.29) is 5.91 Å². The maximum atomic E-state index is 11.8. The van der Waals surface area contributed by atoms with Crippen molar-refractivity contribution in [1.29, 1.82) is 0 Å². The molecule has 2 aromatic rings. The summed E-state index contributed by atoms with van der Waals surface area (Å²) in [6, 6.07) is 8.09. The fraction of sp³-hybridized carbons (Fsp3) is 0.308. The van der Waals surface area contributed by atoms with Gasteiger partial charge >= 0.3 is 0 Å². The van der Waals surface area contributed by atoms with E-state index in [9.17, 15) is 4.79 Å². The number of aromatic nitrogens is 3. The lowest BCUT2D eigenvalue weighted by Crippen LogP contribution is -2.25. The number of hydrogen-bond donors (Lipinski definition) is 2. The molecule has 1 heterocycles. The minimum atomic E-state index is 0.0249. The highest BCUT2D eigenvalue weighted by atomic mass is 32.2. The molecule has 0 aliphatic heterocycles. The molecule has 0 saturated heterocycles. The normalized spacial score (nSPS) is 14.3. The van der Waals surface area contributed by atoms with Gasteiger partial charge in [0.25, 0.3) is 5.91 Å². The third kappa shape index (κ3) is 3.35. The van der Waals surface area contributed by atoms with Gasteiger partial charge in [-0.2, -0.15) is 5.10 Å². The van der Waals surface area contributed by atoms with E-state index in [4.69, 9.17) is 0 Å². The number of aromatic amines is 1. The van der Waals surface area contributed by atoms with E-state index in [2.05, 4.69) is 20.5 Å². The van der Waals surface area contributed by atoms with Crippen molar-refractivity contribution in [2.75, 3.05) is 0 Å². The SMILES string of the molecule is O=C(NC1CC1)c1ccc(CSc2ncn[nH]2)cc1. The smallest absolute Gasteiger partial charge is 0.251 e. The number of rotatable bonds is 5. The molecule has 5 nitrogen and oxygen atoms in total. The lowest BCUT2D eigenvalue weighted by atomic mass is 10.1. The standard InChI is InChI=1S/C13H14N4OS/c18-12(16-11-5-6-11)10-3-1-9(2-4-10)7-19-13-14-8-15-17-13/h1-4,8,11H,5-7H2,(H,16,18)(H,14,15,17). The molecule has 1 amide bonds. The van der Waals surface area contributed by atoms with Crippen LogP contribution in [0.15, 0.2) is 35.7 Å². The topological polar surface area (TPSA) is 70.7 Å². The van der Waals surface area contributed by atoms with Crippen LogP contribution in [0.2, 0.25) is 0 Å². The summed E-state index contributed by atoms with van der Waals surface area (Å²) in [4.78, 5) is 15.9. The molecule has 98 valence electrons. The Bertz CT molecular complexity index is 549. The van der Waals surface area contributed by atoms with Crippen molar-refractivity contribution in [3.8, 4) is 0 Å². The average molecular weight is 274 g/mol. The lowest BCUT2D eigenvalue weighted by molar-refractivity contribution is 0.0951. The zero-order valence-electron chi connectivity index (χ0n) is 10.3. The Balaban J connectivity index is 1.57. The van der Waals surface area contributed by atoms with Gasteiger partial charge in [-0.3, -0.25) is 9.89 Å². The Morgan fingerprint density at radius 3 is 2.79 bits per heavy atom. The number of nitrogens with one attached hydrogen (secondary N) is 2. The predicted molar refractivity (Wildman–Crippen MR) is 72.9 cm³/mol. The predicted octanol–water partition coefficient (Wildman–Crippen LogP) is 1.99. The van der Waals surface area contributed by atoms with Crippen LogP contribution >= 0.6 is 11.8 Å². The van der Waals surface area contributed by atoms with Crippen LogP contribution in [0.5, 0.6) is 0 Å². The van der Waals surface area contributed by atoms with Crippen LogP contribution < -0.4 is 5.32 Å². The second-order valence-electron chi connectivity index (χ2n) is 4.52. The summed E-state index contributed by atoms with van der Waals surface area (Å²) in [5.74, 6) is 0.830. The summed E-state index contributed by atoms with van der Waals surface area (Å²) in [6.07, 6.45) is 3.71. The fourth-order valence-corrected chi connectivity index (χ4v) is 2.40. The summed E-state index contributed by atoms with van der Waals surface area (Å²) in [6.45, 7) is 0. The van der Waals surface area contributed by atoms with E-state index in [1.54, 1.807) is 11.8 Å². The third-order valence-corrected chi connectivity index (χ3v) is 3.84. The van der Waals surface area contributed by atoms with Crippen molar-refractivity contribution in [3.05, 3.63) is 41.7 Å². The lowest BCUT2D eigenvalue weighted by Gasteiger charge is -2.04. The Hall–Kier alpha value is -1.82. The van der Waals surface area contributed by atoms with Gasteiger partial charge in [-0.15, -0.1) is 0 Å². The van der Waals surface area contributed by atoms with Gasteiger partial charge in [-0.05, 0) is 30.5 Å². The quantitative estimate of drug-likeness (QED) is 0.818. The van der Waals surface area contributed by atoms with Crippen LogP contribution in [0.3, 0.4) is 0 Å². The Morgan fingerprint density at radius 1 is 1.37 bits per heavy atom. The monoisotopic (exact) mass is 274 g/mol. The second-order valence-corrected chi connectivity index (χ2v) is 5.49. The first-order valence-corrected chi connectivity index (χ1v) is 7.18. The van der Waals surface area contributed by atoms with Crippen LogP contribution in [0, 0.1) is 0 Å². The van der Waals surface area contributed by atoms with Crippen molar-refractivity contribution in [1.82, 2.24) is 20.5 Å². The second kappa shape index (κ2) is 5.44. The minimum absolute atomic E-state index is 0.0249. The Labute approximate surface area is 115 Å². The van der Waals surface area contributed by atoms with E-state index in [0.717, 1.165) is 34.9 Å². The molecule has 0 spiro atoms. The summed E-state index contributed by atoms with van der Waals surface area (Å²) < 4.78 is 0. The summed E-state index contributed by atoms with van der Waals surface area (Å²) in [5.41, 5.74) is 1.88. The Morgan fingerprint density at radius 2 is 2.16 bits per heavy atom. The highest BCUT2D eigenvalue weighted by Gasteiger charge is 2.23. The molecule has 1 saturated carbocycles. The Kier molecular flexibility index (Phi) is 3.50. The summed E-state index contributed by atoms with van der Waals surface area (Å²) >= 11 is 1.59. The van der Waals surface area contributed by atoms with Gasteiger partial charge in [0.2, 0.25) is 0 Å². The molecule has 1 aliphatic rings. The maximum Gasteiger partial charge on any atom is 0.251 e. The highest BCUT2D eigenvalue weighted by Crippen LogP contribution is 2.20. The van der Waals surface area contributed by atoms with Crippen LogP contribution in [0.1, 0.15) is 28.8 Å². The van der Waals surface area contributed by atoms with E-state index in [1.165, 1.54) is 6.33 Å². The molecule has 6 heteroatoms. The summed E-state index contributed by atoms with van der Waals surface area (Å²) in [5, 5.41) is 10.4.